The van der Waals surface area contributed by atoms with Gasteiger partial charge in [-0.15, -0.1) is 0 Å². The molecule has 2 amide bonds. The summed E-state index contributed by atoms with van der Waals surface area (Å²) in [5.74, 6) is -1.37. The molecule has 0 saturated carbocycles. The molecule has 2 heterocycles. The second kappa shape index (κ2) is 7.91. The number of thiocarbonyl (C=S) groups is 1. The summed E-state index contributed by atoms with van der Waals surface area (Å²) in [5.41, 5.74) is 0.282. The Labute approximate surface area is 165 Å². The number of rotatable bonds is 5. The number of hydrogen-bond donors (Lipinski definition) is 1. The standard InChI is InChI=1S/C17H15FN2O4S3/c18-13-4-2-1-3-11(13)9-14-16(22)20(17(25)26-14)7-5-15(21)19-12-6-8-27(23,24)10-12/h1-4,6,8-9,12H,5,7,10H2,(H,19,21)/b14-9+/t12-/m0/s1. The first kappa shape index (κ1) is 19.7. The number of carbonyl (C=O) groups is 2. The van der Waals surface area contributed by atoms with Crippen LogP contribution in [0.2, 0.25) is 0 Å². The summed E-state index contributed by atoms with van der Waals surface area (Å²) in [6.07, 6.45) is 2.83. The van der Waals surface area contributed by atoms with Gasteiger partial charge in [0.1, 0.15) is 10.1 Å². The fourth-order valence-corrected chi connectivity index (χ4v) is 5.12. The van der Waals surface area contributed by atoms with E-state index in [1.165, 1.54) is 23.1 Å². The molecule has 2 aliphatic heterocycles. The van der Waals surface area contributed by atoms with E-state index in [1.54, 1.807) is 18.2 Å². The van der Waals surface area contributed by atoms with Crippen LogP contribution in [0.15, 0.2) is 40.7 Å². The topological polar surface area (TPSA) is 83.6 Å². The molecule has 1 aromatic rings. The second-order valence-corrected chi connectivity index (χ2v) is 9.54. The van der Waals surface area contributed by atoms with Crippen molar-refractivity contribution in [1.82, 2.24) is 10.2 Å². The van der Waals surface area contributed by atoms with Crippen molar-refractivity contribution >= 4 is 56.0 Å². The maximum atomic E-state index is 13.8. The third kappa shape index (κ3) is 4.82. The Hall–Kier alpha value is -2.04. The summed E-state index contributed by atoms with van der Waals surface area (Å²) >= 11 is 6.23. The number of nitrogens with one attached hydrogen (secondary N) is 1. The van der Waals surface area contributed by atoms with Crippen molar-refractivity contribution in [1.29, 1.82) is 0 Å². The molecule has 27 heavy (non-hydrogen) atoms. The van der Waals surface area contributed by atoms with Gasteiger partial charge in [0.15, 0.2) is 9.84 Å². The first-order valence-corrected chi connectivity index (χ1v) is 10.9. The number of sulfone groups is 1. The smallest absolute Gasteiger partial charge is 0.266 e. The molecule has 1 atom stereocenters. The number of thioether (sulfide) groups is 1. The van der Waals surface area contributed by atoms with Gasteiger partial charge in [0.2, 0.25) is 5.91 Å². The molecule has 142 valence electrons. The van der Waals surface area contributed by atoms with E-state index in [0.29, 0.717) is 4.32 Å². The van der Waals surface area contributed by atoms with E-state index < -0.39 is 21.7 Å². The molecule has 2 aliphatic rings. The summed E-state index contributed by atoms with van der Waals surface area (Å²) in [6.45, 7) is 0.0638. The molecule has 1 fully saturated rings. The zero-order valence-electron chi connectivity index (χ0n) is 13.9. The Morgan fingerprint density at radius 3 is 2.81 bits per heavy atom. The predicted octanol–water partition coefficient (Wildman–Crippen LogP) is 1.84. The van der Waals surface area contributed by atoms with Crippen LogP contribution < -0.4 is 5.32 Å². The minimum absolute atomic E-state index is 0.0240. The monoisotopic (exact) mass is 426 g/mol. The Balaban J connectivity index is 1.59. The summed E-state index contributed by atoms with van der Waals surface area (Å²) < 4.78 is 36.7. The van der Waals surface area contributed by atoms with E-state index in [2.05, 4.69) is 5.32 Å². The van der Waals surface area contributed by atoms with Crippen molar-refractivity contribution < 1.29 is 22.4 Å². The van der Waals surface area contributed by atoms with E-state index >= 15 is 0 Å². The van der Waals surface area contributed by atoms with Crippen molar-refractivity contribution in [3.05, 3.63) is 52.0 Å². The molecule has 1 saturated heterocycles. The third-order valence-electron chi connectivity index (χ3n) is 3.90. The van der Waals surface area contributed by atoms with Crippen LogP contribution in [0.25, 0.3) is 6.08 Å². The van der Waals surface area contributed by atoms with Gasteiger partial charge in [0, 0.05) is 23.9 Å². The van der Waals surface area contributed by atoms with Gasteiger partial charge < -0.3 is 5.32 Å². The summed E-state index contributed by atoms with van der Waals surface area (Å²) in [6, 6.07) is 5.51. The average Bonchev–Trinajstić information content (AvgIpc) is 3.07. The van der Waals surface area contributed by atoms with Gasteiger partial charge in [-0.05, 0) is 18.2 Å². The molecule has 1 aromatic carbocycles. The van der Waals surface area contributed by atoms with Crippen molar-refractivity contribution in [2.75, 3.05) is 12.3 Å². The summed E-state index contributed by atoms with van der Waals surface area (Å²) in [5, 5.41) is 3.67. The van der Waals surface area contributed by atoms with Crippen LogP contribution in [0.5, 0.6) is 0 Å². The van der Waals surface area contributed by atoms with E-state index in [4.69, 9.17) is 12.2 Å². The highest BCUT2D eigenvalue weighted by molar-refractivity contribution is 8.26. The van der Waals surface area contributed by atoms with Crippen molar-refractivity contribution in [2.24, 2.45) is 0 Å². The third-order valence-corrected chi connectivity index (χ3v) is 6.68. The number of nitrogens with zero attached hydrogens (tertiary/aromatic N) is 1. The molecule has 10 heteroatoms. The molecule has 0 bridgehead atoms. The van der Waals surface area contributed by atoms with Crippen LogP contribution in [0.1, 0.15) is 12.0 Å². The Morgan fingerprint density at radius 1 is 1.41 bits per heavy atom. The Kier molecular flexibility index (Phi) is 5.78. The van der Waals surface area contributed by atoms with Crippen LogP contribution in [0.3, 0.4) is 0 Å². The lowest BCUT2D eigenvalue weighted by molar-refractivity contribution is -0.124. The van der Waals surface area contributed by atoms with Crippen molar-refractivity contribution in [2.45, 2.75) is 12.5 Å². The largest absolute Gasteiger partial charge is 0.349 e. The minimum Gasteiger partial charge on any atom is -0.349 e. The van der Waals surface area contributed by atoms with E-state index in [0.717, 1.165) is 17.2 Å². The Morgan fingerprint density at radius 2 is 2.15 bits per heavy atom. The SMILES string of the molecule is O=C(CCN1C(=O)/C(=C\c2ccccc2F)SC1=S)N[C@H]1C=CS(=O)(=O)C1. The number of benzene rings is 1. The normalized spacial score (nSPS) is 22.6. The molecule has 0 unspecified atom stereocenters. The van der Waals surface area contributed by atoms with Crippen LogP contribution in [-0.4, -0.2) is 47.8 Å². The lowest BCUT2D eigenvalue weighted by atomic mass is 10.2. The quantitative estimate of drug-likeness (QED) is 0.572. The van der Waals surface area contributed by atoms with E-state index in [9.17, 15) is 22.4 Å². The van der Waals surface area contributed by atoms with Gasteiger partial charge in [-0.1, -0.05) is 42.2 Å². The van der Waals surface area contributed by atoms with Gasteiger partial charge in [-0.3, -0.25) is 14.5 Å². The molecule has 0 aliphatic carbocycles. The highest BCUT2D eigenvalue weighted by Gasteiger charge is 2.32. The molecule has 1 N–H and O–H groups in total. The number of amides is 2. The maximum Gasteiger partial charge on any atom is 0.266 e. The number of hydrogen-bond acceptors (Lipinski definition) is 6. The van der Waals surface area contributed by atoms with Crippen molar-refractivity contribution in [3.8, 4) is 0 Å². The average molecular weight is 427 g/mol. The first-order valence-electron chi connectivity index (χ1n) is 7.95. The van der Waals surface area contributed by atoms with Gasteiger partial charge in [-0.25, -0.2) is 12.8 Å². The van der Waals surface area contributed by atoms with E-state index in [1.807, 2.05) is 0 Å². The van der Waals surface area contributed by atoms with Crippen LogP contribution in [-0.2, 0) is 19.4 Å². The van der Waals surface area contributed by atoms with Gasteiger partial charge in [0.05, 0.1) is 16.7 Å². The molecule has 0 radical (unpaired) electrons. The molecule has 0 aromatic heterocycles. The molecule has 3 rings (SSSR count). The first-order chi connectivity index (χ1) is 12.7. The predicted molar refractivity (Wildman–Crippen MR) is 106 cm³/mol. The van der Waals surface area contributed by atoms with Crippen LogP contribution in [0, 0.1) is 5.82 Å². The van der Waals surface area contributed by atoms with Crippen molar-refractivity contribution in [3.63, 3.8) is 0 Å². The van der Waals surface area contributed by atoms with Gasteiger partial charge >= 0.3 is 0 Å². The zero-order chi connectivity index (χ0) is 19.6. The van der Waals surface area contributed by atoms with Crippen LogP contribution >= 0.6 is 24.0 Å². The highest BCUT2D eigenvalue weighted by atomic mass is 32.2. The maximum absolute atomic E-state index is 13.8. The molecule has 6 nitrogen and oxygen atoms in total. The second-order valence-electron chi connectivity index (χ2n) is 5.94. The van der Waals surface area contributed by atoms with Gasteiger partial charge in [-0.2, -0.15) is 0 Å². The summed E-state index contributed by atoms with van der Waals surface area (Å²) in [4.78, 5) is 26.1. The van der Waals surface area contributed by atoms with Crippen LogP contribution in [0.4, 0.5) is 4.39 Å². The molecular formula is C17H15FN2O4S3. The lowest BCUT2D eigenvalue weighted by Gasteiger charge is -2.15. The Bertz CT molecular complexity index is 972. The summed E-state index contributed by atoms with van der Waals surface area (Å²) in [7, 11) is -3.25. The van der Waals surface area contributed by atoms with E-state index in [-0.39, 0.29) is 41.0 Å². The number of halogens is 1. The fourth-order valence-electron chi connectivity index (χ4n) is 2.58. The minimum atomic E-state index is -3.25. The lowest BCUT2D eigenvalue weighted by Crippen LogP contribution is -2.38. The molecule has 0 spiro atoms. The molecular weight excluding hydrogens is 411 g/mol. The van der Waals surface area contributed by atoms with Gasteiger partial charge in [0.25, 0.3) is 5.91 Å². The zero-order valence-corrected chi connectivity index (χ0v) is 16.4. The number of carbonyl (C=O) groups excluding carboxylic acids is 2. The highest BCUT2D eigenvalue weighted by Crippen LogP contribution is 2.32. The fraction of sp³-hybridized carbons (Fsp3) is 0.235.